The van der Waals surface area contributed by atoms with Crippen LogP contribution >= 0.6 is 0 Å². The highest BCUT2D eigenvalue weighted by Crippen LogP contribution is 2.24. The van der Waals surface area contributed by atoms with Gasteiger partial charge in [-0.3, -0.25) is 0 Å². The quantitative estimate of drug-likeness (QED) is 0.835. The third-order valence-corrected chi connectivity index (χ3v) is 3.07. The Balaban J connectivity index is 2.49. The maximum absolute atomic E-state index is 10.7. The van der Waals surface area contributed by atoms with Crippen LogP contribution in [0.25, 0.3) is 16.5 Å². The summed E-state index contributed by atoms with van der Waals surface area (Å²) in [7, 11) is 0. The molecule has 0 radical (unpaired) electrons. The molecule has 94 valence electrons. The van der Waals surface area contributed by atoms with Crippen molar-refractivity contribution in [2.45, 2.75) is 26.8 Å². The molecule has 1 aromatic carbocycles. The van der Waals surface area contributed by atoms with E-state index in [1.54, 1.807) is 0 Å². The molecule has 2 rings (SSSR count). The van der Waals surface area contributed by atoms with Gasteiger partial charge in [-0.1, -0.05) is 6.07 Å². The van der Waals surface area contributed by atoms with Crippen LogP contribution in [0.5, 0.6) is 0 Å². The van der Waals surface area contributed by atoms with Gasteiger partial charge in [0.1, 0.15) is 0 Å². The van der Waals surface area contributed by atoms with Crippen molar-refractivity contribution in [1.82, 2.24) is 4.57 Å². The summed E-state index contributed by atoms with van der Waals surface area (Å²) in [6, 6.07) is 8.53. The molecular weight excluding hydrogens is 226 g/mol. The predicted octanol–water partition coefficient (Wildman–Crippen LogP) is 3.71. The summed E-state index contributed by atoms with van der Waals surface area (Å²) in [4.78, 5) is 10.7. The van der Waals surface area contributed by atoms with E-state index in [0.717, 1.165) is 16.5 Å². The second-order valence-electron chi connectivity index (χ2n) is 4.76. The first-order valence-electron chi connectivity index (χ1n) is 6.01. The van der Waals surface area contributed by atoms with E-state index in [-0.39, 0.29) is 0 Å². The molecule has 1 heterocycles. The Morgan fingerprint density at radius 1 is 1.33 bits per heavy atom. The second-order valence-corrected chi connectivity index (χ2v) is 4.76. The smallest absolute Gasteiger partial charge is 0.328 e. The van der Waals surface area contributed by atoms with Crippen LogP contribution in [0.15, 0.2) is 36.5 Å². The van der Waals surface area contributed by atoms with Crippen molar-refractivity contribution in [3.8, 4) is 0 Å². The molecule has 0 aliphatic heterocycles. The van der Waals surface area contributed by atoms with E-state index in [4.69, 9.17) is 5.11 Å². The lowest BCUT2D eigenvalue weighted by molar-refractivity contribution is -0.131. The number of aliphatic carboxylic acids is 1. The van der Waals surface area contributed by atoms with E-state index >= 15 is 0 Å². The maximum atomic E-state index is 10.7. The molecule has 0 unspecified atom stereocenters. The molecule has 1 N–H and O–H groups in total. The average molecular weight is 243 g/mol. The summed E-state index contributed by atoms with van der Waals surface area (Å²) in [5, 5.41) is 9.89. The number of rotatable bonds is 3. The third kappa shape index (κ3) is 2.30. The Morgan fingerprint density at radius 3 is 2.67 bits per heavy atom. The Hall–Kier alpha value is -2.03. The number of benzene rings is 1. The number of fused-ring (bicyclic) bond motifs is 1. The lowest BCUT2D eigenvalue weighted by Crippen LogP contribution is -1.97. The zero-order chi connectivity index (χ0) is 13.3. The lowest BCUT2D eigenvalue weighted by atomic mass is 10.1. The Kier molecular flexibility index (Phi) is 3.24. The van der Waals surface area contributed by atoms with Gasteiger partial charge in [-0.2, -0.15) is 0 Å². The highest BCUT2D eigenvalue weighted by atomic mass is 16.4. The standard InChI is InChI=1S/C15H17NO2/c1-10(2)16-7-6-13-9-12(4-5-14(13)16)11(3)8-15(17)18/h4-10H,1-3H3,(H,17,18). The molecule has 0 amide bonds. The number of carbonyl (C=O) groups is 1. The van der Waals surface area contributed by atoms with Crippen LogP contribution in [0, 0.1) is 0 Å². The van der Waals surface area contributed by atoms with E-state index in [9.17, 15) is 4.79 Å². The SMILES string of the molecule is CC(=CC(=O)O)c1ccc2c(ccn2C(C)C)c1. The first kappa shape index (κ1) is 12.4. The monoisotopic (exact) mass is 243 g/mol. The first-order chi connectivity index (χ1) is 8.49. The van der Waals surface area contributed by atoms with E-state index in [1.165, 1.54) is 11.6 Å². The first-order valence-corrected chi connectivity index (χ1v) is 6.01. The van der Waals surface area contributed by atoms with Gasteiger partial charge in [-0.05, 0) is 50.1 Å². The fourth-order valence-corrected chi connectivity index (χ4v) is 2.13. The number of carboxylic acids is 1. The van der Waals surface area contributed by atoms with Crippen molar-refractivity contribution in [2.75, 3.05) is 0 Å². The normalized spacial score (nSPS) is 12.3. The summed E-state index contributed by atoms with van der Waals surface area (Å²) in [5.41, 5.74) is 2.89. The predicted molar refractivity (Wildman–Crippen MR) is 73.6 cm³/mol. The molecule has 18 heavy (non-hydrogen) atoms. The number of hydrogen-bond donors (Lipinski definition) is 1. The zero-order valence-electron chi connectivity index (χ0n) is 10.8. The van der Waals surface area contributed by atoms with E-state index < -0.39 is 5.97 Å². The van der Waals surface area contributed by atoms with Gasteiger partial charge < -0.3 is 9.67 Å². The molecule has 0 atom stereocenters. The van der Waals surface area contributed by atoms with Crippen LogP contribution < -0.4 is 0 Å². The van der Waals surface area contributed by atoms with Gasteiger partial charge in [-0.15, -0.1) is 0 Å². The van der Waals surface area contributed by atoms with Crippen LogP contribution in [0.2, 0.25) is 0 Å². The fraction of sp³-hybridized carbons (Fsp3) is 0.267. The van der Waals surface area contributed by atoms with Crippen molar-refractivity contribution < 1.29 is 9.90 Å². The molecule has 0 saturated heterocycles. The number of nitrogens with zero attached hydrogens (tertiary/aromatic N) is 1. The summed E-state index contributed by atoms with van der Waals surface area (Å²) in [6.45, 7) is 6.10. The molecule has 3 heteroatoms. The minimum Gasteiger partial charge on any atom is -0.478 e. The van der Waals surface area contributed by atoms with Crippen LogP contribution in [0.3, 0.4) is 0 Å². The van der Waals surface area contributed by atoms with E-state index in [1.807, 2.05) is 25.1 Å². The zero-order valence-corrected chi connectivity index (χ0v) is 10.8. The van der Waals surface area contributed by atoms with E-state index in [0.29, 0.717) is 6.04 Å². The van der Waals surface area contributed by atoms with Gasteiger partial charge in [0.2, 0.25) is 0 Å². The second kappa shape index (κ2) is 4.69. The van der Waals surface area contributed by atoms with Gasteiger partial charge in [0.15, 0.2) is 0 Å². The molecule has 3 nitrogen and oxygen atoms in total. The molecule has 0 bridgehead atoms. The molecule has 0 fully saturated rings. The van der Waals surface area contributed by atoms with Crippen molar-refractivity contribution in [2.24, 2.45) is 0 Å². The number of carboxylic acid groups (broad SMARTS) is 1. The van der Waals surface area contributed by atoms with Crippen LogP contribution in [0.1, 0.15) is 32.4 Å². The summed E-state index contributed by atoms with van der Waals surface area (Å²) in [6.07, 6.45) is 3.30. The van der Waals surface area contributed by atoms with Gasteiger partial charge in [-0.25, -0.2) is 4.79 Å². The topological polar surface area (TPSA) is 42.2 Å². The minimum atomic E-state index is -0.910. The lowest BCUT2D eigenvalue weighted by Gasteiger charge is -2.09. The summed E-state index contributed by atoms with van der Waals surface area (Å²) >= 11 is 0. The number of hydrogen-bond acceptors (Lipinski definition) is 1. The molecular formula is C15H17NO2. The third-order valence-electron chi connectivity index (χ3n) is 3.07. The summed E-state index contributed by atoms with van der Waals surface area (Å²) in [5.74, 6) is -0.910. The van der Waals surface area contributed by atoms with Crippen LogP contribution in [-0.4, -0.2) is 15.6 Å². The van der Waals surface area contributed by atoms with Crippen molar-refractivity contribution >= 4 is 22.4 Å². The minimum absolute atomic E-state index is 0.420. The number of aromatic nitrogens is 1. The molecule has 2 aromatic rings. The van der Waals surface area contributed by atoms with Crippen molar-refractivity contribution in [3.05, 3.63) is 42.1 Å². The van der Waals surface area contributed by atoms with Crippen molar-refractivity contribution in [3.63, 3.8) is 0 Å². The molecule has 1 aromatic heterocycles. The molecule has 0 aliphatic carbocycles. The molecule has 0 spiro atoms. The Labute approximate surface area is 106 Å². The average Bonchev–Trinajstić information content (AvgIpc) is 2.70. The summed E-state index contributed by atoms with van der Waals surface area (Å²) < 4.78 is 2.20. The van der Waals surface area contributed by atoms with Gasteiger partial charge in [0.25, 0.3) is 0 Å². The Bertz CT molecular complexity index is 620. The maximum Gasteiger partial charge on any atom is 0.328 e. The van der Waals surface area contributed by atoms with Gasteiger partial charge in [0.05, 0.1) is 0 Å². The molecule has 0 saturated carbocycles. The highest BCUT2D eigenvalue weighted by Gasteiger charge is 2.06. The highest BCUT2D eigenvalue weighted by molar-refractivity contribution is 5.91. The fourth-order valence-electron chi connectivity index (χ4n) is 2.13. The largest absolute Gasteiger partial charge is 0.478 e. The van der Waals surface area contributed by atoms with Crippen LogP contribution in [0.4, 0.5) is 0 Å². The van der Waals surface area contributed by atoms with Crippen LogP contribution in [-0.2, 0) is 4.79 Å². The van der Waals surface area contributed by atoms with Gasteiger partial charge in [0, 0.05) is 29.2 Å². The van der Waals surface area contributed by atoms with E-state index in [2.05, 4.69) is 30.7 Å². The Morgan fingerprint density at radius 2 is 2.06 bits per heavy atom. The number of allylic oxidation sites excluding steroid dienone is 1. The molecule has 0 aliphatic rings. The van der Waals surface area contributed by atoms with Gasteiger partial charge >= 0.3 is 5.97 Å². The van der Waals surface area contributed by atoms with Crippen molar-refractivity contribution in [1.29, 1.82) is 0 Å².